The van der Waals surface area contributed by atoms with Crippen LogP contribution in [0.1, 0.15) is 421 Å². The molecule has 0 aliphatic carbocycles. The summed E-state index contributed by atoms with van der Waals surface area (Å²) < 4.78 is 68.7. The largest absolute Gasteiger partial charge is 0.472 e. The van der Waals surface area contributed by atoms with Crippen molar-refractivity contribution >= 4 is 39.5 Å². The quantitative estimate of drug-likeness (QED) is 0.0222. The second-order valence-electron chi connectivity index (χ2n) is 31.0. The number of aliphatic hydroxyl groups excluding tert-OH is 1. The minimum atomic E-state index is -4.96. The number of carbonyl (C=O) groups is 4. The molecule has 0 heterocycles. The summed E-state index contributed by atoms with van der Waals surface area (Å²) in [6, 6.07) is 0. The normalized spacial score (nSPS) is 14.5. The van der Waals surface area contributed by atoms with Crippen LogP contribution in [-0.4, -0.2) is 96.7 Å². The van der Waals surface area contributed by atoms with Crippen LogP contribution in [0.25, 0.3) is 0 Å². The van der Waals surface area contributed by atoms with Gasteiger partial charge < -0.3 is 33.8 Å². The zero-order valence-corrected chi connectivity index (χ0v) is 68.3. The summed E-state index contributed by atoms with van der Waals surface area (Å²) in [4.78, 5) is 73.0. The van der Waals surface area contributed by atoms with Crippen LogP contribution in [0.15, 0.2) is 0 Å². The zero-order valence-electron chi connectivity index (χ0n) is 66.5. The maximum atomic E-state index is 13.1. The summed E-state index contributed by atoms with van der Waals surface area (Å²) in [5, 5.41) is 10.6. The van der Waals surface area contributed by atoms with Crippen LogP contribution in [0.5, 0.6) is 0 Å². The number of phosphoric acid groups is 2. The van der Waals surface area contributed by atoms with Gasteiger partial charge in [-0.3, -0.25) is 37.3 Å². The Balaban J connectivity index is 5.22. The fourth-order valence-electron chi connectivity index (χ4n) is 12.5. The average Bonchev–Trinajstić information content (AvgIpc) is 0.926. The van der Waals surface area contributed by atoms with E-state index in [0.29, 0.717) is 31.6 Å². The first-order valence-electron chi connectivity index (χ1n) is 42.3. The molecule has 5 unspecified atom stereocenters. The van der Waals surface area contributed by atoms with Crippen LogP contribution in [-0.2, 0) is 65.4 Å². The molecule has 7 atom stereocenters. The lowest BCUT2D eigenvalue weighted by Gasteiger charge is -2.21. The monoisotopic (exact) mass is 1480 g/mol. The Hall–Kier alpha value is -1.94. The van der Waals surface area contributed by atoms with Gasteiger partial charge in [0.2, 0.25) is 0 Å². The van der Waals surface area contributed by atoms with Crippen molar-refractivity contribution in [1.82, 2.24) is 0 Å². The molecule has 0 saturated carbocycles. The van der Waals surface area contributed by atoms with Crippen LogP contribution in [0.4, 0.5) is 0 Å². The van der Waals surface area contributed by atoms with Crippen molar-refractivity contribution in [3.8, 4) is 0 Å². The first-order chi connectivity index (χ1) is 48.7. The predicted octanol–water partition coefficient (Wildman–Crippen LogP) is 24.4. The molecule has 0 radical (unpaired) electrons. The number of ether oxygens (including phenoxy) is 4. The Kier molecular flexibility index (Phi) is 69.6. The van der Waals surface area contributed by atoms with Crippen molar-refractivity contribution in [2.24, 2.45) is 23.7 Å². The van der Waals surface area contributed by atoms with Gasteiger partial charge in [-0.2, -0.15) is 0 Å². The molecule has 0 aliphatic rings. The lowest BCUT2D eigenvalue weighted by atomic mass is 9.99. The number of esters is 4. The van der Waals surface area contributed by atoms with Crippen LogP contribution >= 0.6 is 15.6 Å². The van der Waals surface area contributed by atoms with E-state index in [4.69, 9.17) is 37.0 Å². The maximum absolute atomic E-state index is 13.1. The third-order valence-electron chi connectivity index (χ3n) is 19.8. The SMILES string of the molecule is CCC(C)CCCCCCCCCCCCCCCCC(=O)O[C@H](COC(=O)CCCCCCCCCCCCCCCCCCCCC(C)C)COP(=O)(O)OCC(O)COP(=O)(O)OC[C@@H](COC(=O)CCCCCCCCCC(C)C)OC(=O)CCCCCCCCCCC(C)CC. The summed E-state index contributed by atoms with van der Waals surface area (Å²) in [5.74, 6) is 1.03. The third-order valence-corrected chi connectivity index (χ3v) is 21.7. The zero-order chi connectivity index (χ0) is 74.6. The number of aliphatic hydroxyl groups is 1. The molecule has 0 aromatic carbocycles. The van der Waals surface area contributed by atoms with Crippen LogP contribution < -0.4 is 0 Å². The maximum Gasteiger partial charge on any atom is 0.472 e. The Morgan fingerprint density at radius 3 is 0.703 bits per heavy atom. The highest BCUT2D eigenvalue weighted by atomic mass is 31.2. The topological polar surface area (TPSA) is 237 Å². The van der Waals surface area contributed by atoms with E-state index in [0.717, 1.165) is 114 Å². The van der Waals surface area contributed by atoms with Crippen molar-refractivity contribution < 1.29 is 80.2 Å². The van der Waals surface area contributed by atoms with Crippen LogP contribution in [0, 0.1) is 23.7 Å². The van der Waals surface area contributed by atoms with E-state index < -0.39 is 97.5 Å². The van der Waals surface area contributed by atoms with E-state index in [2.05, 4.69) is 55.4 Å². The first-order valence-corrected chi connectivity index (χ1v) is 45.3. The molecule has 0 aromatic heterocycles. The van der Waals surface area contributed by atoms with E-state index in [1.165, 1.54) is 218 Å². The Labute approximate surface area is 619 Å². The number of carbonyl (C=O) groups excluding carboxylic acids is 4. The smallest absolute Gasteiger partial charge is 0.462 e. The fourth-order valence-corrected chi connectivity index (χ4v) is 14.1. The number of hydrogen-bond acceptors (Lipinski definition) is 15. The number of rotatable bonds is 79. The number of hydrogen-bond donors (Lipinski definition) is 3. The van der Waals surface area contributed by atoms with Crippen molar-refractivity contribution in [3.05, 3.63) is 0 Å². The predicted molar refractivity (Wildman–Crippen MR) is 414 cm³/mol. The summed E-state index contributed by atoms with van der Waals surface area (Å²) in [6.45, 7) is 14.3. The molecular formula is C82H160O17P2. The minimum absolute atomic E-state index is 0.104. The molecule has 0 aliphatic heterocycles. The summed E-state index contributed by atoms with van der Waals surface area (Å²) in [7, 11) is -9.92. The lowest BCUT2D eigenvalue weighted by Crippen LogP contribution is -2.30. The van der Waals surface area contributed by atoms with Crippen molar-refractivity contribution in [3.63, 3.8) is 0 Å². The number of phosphoric ester groups is 2. The van der Waals surface area contributed by atoms with Gasteiger partial charge in [0.05, 0.1) is 26.4 Å². The van der Waals surface area contributed by atoms with Gasteiger partial charge in [0.25, 0.3) is 0 Å². The molecular weight excluding hydrogens is 1320 g/mol. The molecule has 19 heteroatoms. The fraction of sp³-hybridized carbons (Fsp3) is 0.951. The van der Waals surface area contributed by atoms with Gasteiger partial charge in [0.15, 0.2) is 12.2 Å². The van der Waals surface area contributed by atoms with E-state index in [1.54, 1.807) is 0 Å². The van der Waals surface area contributed by atoms with Gasteiger partial charge in [-0.25, -0.2) is 9.13 Å². The van der Waals surface area contributed by atoms with Crippen molar-refractivity contribution in [2.75, 3.05) is 39.6 Å². The van der Waals surface area contributed by atoms with Gasteiger partial charge >= 0.3 is 39.5 Å². The highest BCUT2D eigenvalue weighted by Gasteiger charge is 2.30. The summed E-state index contributed by atoms with van der Waals surface area (Å²) >= 11 is 0. The molecule has 3 N–H and O–H groups in total. The van der Waals surface area contributed by atoms with Crippen molar-refractivity contribution in [1.29, 1.82) is 0 Å². The molecule has 0 aromatic rings. The molecule has 0 spiro atoms. The van der Waals surface area contributed by atoms with Gasteiger partial charge in [0, 0.05) is 25.7 Å². The van der Waals surface area contributed by atoms with E-state index in [9.17, 15) is 43.2 Å². The Morgan fingerprint density at radius 2 is 0.475 bits per heavy atom. The highest BCUT2D eigenvalue weighted by molar-refractivity contribution is 7.47. The molecule has 0 saturated heterocycles. The second-order valence-corrected chi connectivity index (χ2v) is 33.9. The molecule has 101 heavy (non-hydrogen) atoms. The van der Waals surface area contributed by atoms with Crippen LogP contribution in [0.3, 0.4) is 0 Å². The number of unbranched alkanes of at least 4 members (excludes halogenated alkanes) is 43. The molecule has 0 fully saturated rings. The molecule has 0 amide bonds. The summed E-state index contributed by atoms with van der Waals surface area (Å²) in [5.41, 5.74) is 0. The standard InChI is InChI=1S/C82H160O17P2/c1-9-74(7)60-52-44-36-28-24-20-17-18-22-26-30-39-48-56-64-81(86)98-77(68-92-79(84)62-54-46-38-29-25-21-16-14-12-11-13-15-19-23-27-34-42-50-58-72(3)4)70-96-100(88,89)94-66-76(83)67-95-101(90,91)97-71-78(69-93-80(85)63-55-47-41-33-35-43-51-59-73(5)6)99-82(87)65-57-49-40-32-31-37-45-53-61-75(8)10-2/h72-78,83H,9-71H2,1-8H3,(H,88,89)(H,90,91)/t74?,75?,76?,77-,78-/m1/s1. The Morgan fingerprint density at radius 1 is 0.277 bits per heavy atom. The van der Waals surface area contributed by atoms with E-state index in [-0.39, 0.29) is 25.7 Å². The lowest BCUT2D eigenvalue weighted by molar-refractivity contribution is -0.161. The third kappa shape index (κ3) is 73.4. The van der Waals surface area contributed by atoms with E-state index >= 15 is 0 Å². The van der Waals surface area contributed by atoms with Crippen LogP contribution in [0.2, 0.25) is 0 Å². The van der Waals surface area contributed by atoms with Gasteiger partial charge in [-0.05, 0) is 49.4 Å². The minimum Gasteiger partial charge on any atom is -0.462 e. The molecule has 0 rings (SSSR count). The van der Waals surface area contributed by atoms with Gasteiger partial charge in [-0.1, -0.05) is 370 Å². The van der Waals surface area contributed by atoms with Gasteiger partial charge in [-0.15, -0.1) is 0 Å². The average molecular weight is 1480 g/mol. The first kappa shape index (κ1) is 99.1. The second kappa shape index (κ2) is 71.0. The highest BCUT2D eigenvalue weighted by Crippen LogP contribution is 2.45. The van der Waals surface area contributed by atoms with Crippen molar-refractivity contribution in [2.45, 2.75) is 440 Å². The molecule has 17 nitrogen and oxygen atoms in total. The molecule has 0 bridgehead atoms. The van der Waals surface area contributed by atoms with Gasteiger partial charge in [0.1, 0.15) is 19.3 Å². The summed E-state index contributed by atoms with van der Waals surface area (Å²) in [6.07, 6.45) is 58.4. The molecule has 600 valence electrons. The Bertz CT molecular complexity index is 1980. The van der Waals surface area contributed by atoms with E-state index in [1.807, 2.05) is 0 Å².